The lowest BCUT2D eigenvalue weighted by atomic mass is 10.2. The Morgan fingerprint density at radius 3 is 3.29 bits per heavy atom. The molecule has 1 atom stereocenters. The molecule has 76 valence electrons. The quantitative estimate of drug-likeness (QED) is 0.726. The van der Waals surface area contributed by atoms with Gasteiger partial charge in [-0.3, -0.25) is 0 Å². The normalized spacial score (nSPS) is 20.5. The van der Waals surface area contributed by atoms with Crippen molar-refractivity contribution in [3.05, 3.63) is 17.7 Å². The van der Waals surface area contributed by atoms with Gasteiger partial charge in [0.05, 0.1) is 6.04 Å². The van der Waals surface area contributed by atoms with Crippen LogP contribution < -0.4 is 5.32 Å². The zero-order chi connectivity index (χ0) is 10.1. The first-order valence-electron chi connectivity index (χ1n) is 4.76. The Kier molecular flexibility index (Phi) is 2.25. The van der Waals surface area contributed by atoms with Crippen molar-refractivity contribution in [3.63, 3.8) is 0 Å². The Labute approximate surface area is 81.8 Å². The van der Waals surface area contributed by atoms with Gasteiger partial charge in [-0.2, -0.15) is 0 Å². The van der Waals surface area contributed by atoms with Crippen LogP contribution in [-0.4, -0.2) is 27.2 Å². The summed E-state index contributed by atoms with van der Waals surface area (Å²) in [4.78, 5) is 14.8. The van der Waals surface area contributed by atoms with Crippen LogP contribution in [0.5, 0.6) is 0 Å². The summed E-state index contributed by atoms with van der Waals surface area (Å²) in [6, 6.07) is 0.192. The van der Waals surface area contributed by atoms with Gasteiger partial charge in [0.2, 0.25) is 0 Å². The Morgan fingerprint density at radius 2 is 2.64 bits per heavy atom. The van der Waals surface area contributed by atoms with Gasteiger partial charge in [-0.25, -0.2) is 9.78 Å². The highest BCUT2D eigenvalue weighted by Gasteiger charge is 2.22. The summed E-state index contributed by atoms with van der Waals surface area (Å²) < 4.78 is 1.92. The average molecular weight is 195 g/mol. The van der Waals surface area contributed by atoms with Gasteiger partial charge in [0.25, 0.3) is 0 Å². The van der Waals surface area contributed by atoms with Crippen molar-refractivity contribution < 1.29 is 9.90 Å². The molecule has 2 N–H and O–H groups in total. The van der Waals surface area contributed by atoms with E-state index in [-0.39, 0.29) is 11.7 Å². The summed E-state index contributed by atoms with van der Waals surface area (Å²) in [7, 11) is 0. The molecule has 5 nitrogen and oxygen atoms in total. The fourth-order valence-electron chi connectivity index (χ4n) is 1.77. The molecule has 2 heterocycles. The van der Waals surface area contributed by atoms with Gasteiger partial charge in [-0.1, -0.05) is 6.92 Å². The molecule has 0 bridgehead atoms. The van der Waals surface area contributed by atoms with Crippen LogP contribution in [0.1, 0.15) is 35.7 Å². The number of hydrogen-bond acceptors (Lipinski definition) is 3. The van der Waals surface area contributed by atoms with Gasteiger partial charge in [0.1, 0.15) is 5.82 Å². The first kappa shape index (κ1) is 9.21. The number of nitrogens with one attached hydrogen (secondary N) is 1. The summed E-state index contributed by atoms with van der Waals surface area (Å²) >= 11 is 0. The van der Waals surface area contributed by atoms with E-state index in [4.69, 9.17) is 5.11 Å². The minimum atomic E-state index is -0.957. The molecular weight excluding hydrogens is 182 g/mol. The van der Waals surface area contributed by atoms with Crippen LogP contribution in [-0.2, 0) is 6.54 Å². The molecule has 5 heteroatoms. The highest BCUT2D eigenvalue weighted by molar-refractivity contribution is 5.85. The molecule has 1 aliphatic rings. The third-order valence-electron chi connectivity index (χ3n) is 2.49. The number of aromatic carboxylic acids is 1. The minimum absolute atomic E-state index is 0.141. The van der Waals surface area contributed by atoms with Crippen molar-refractivity contribution >= 4 is 5.97 Å². The summed E-state index contributed by atoms with van der Waals surface area (Å²) in [5, 5.41) is 12.1. The number of nitrogens with zero attached hydrogens (tertiary/aromatic N) is 2. The van der Waals surface area contributed by atoms with Crippen LogP contribution in [0.15, 0.2) is 6.20 Å². The molecule has 0 aromatic carbocycles. The van der Waals surface area contributed by atoms with Crippen molar-refractivity contribution in [1.29, 1.82) is 0 Å². The Balaban J connectivity index is 2.38. The molecule has 0 amide bonds. The number of hydrogen-bond donors (Lipinski definition) is 2. The van der Waals surface area contributed by atoms with Crippen molar-refractivity contribution in [2.45, 2.75) is 25.9 Å². The van der Waals surface area contributed by atoms with Gasteiger partial charge < -0.3 is 15.0 Å². The van der Waals surface area contributed by atoms with Crippen LogP contribution >= 0.6 is 0 Å². The third kappa shape index (κ3) is 1.39. The lowest BCUT2D eigenvalue weighted by Gasteiger charge is -2.23. The fourth-order valence-corrected chi connectivity index (χ4v) is 1.77. The minimum Gasteiger partial charge on any atom is -0.476 e. The molecule has 0 radical (unpaired) electrons. The van der Waals surface area contributed by atoms with Gasteiger partial charge in [-0.15, -0.1) is 0 Å². The second-order valence-corrected chi connectivity index (χ2v) is 3.40. The fraction of sp³-hybridized carbons (Fsp3) is 0.556. The molecule has 1 aliphatic heterocycles. The Bertz CT molecular complexity index is 359. The maximum atomic E-state index is 10.7. The molecule has 1 unspecified atom stereocenters. The van der Waals surface area contributed by atoms with E-state index >= 15 is 0 Å². The van der Waals surface area contributed by atoms with E-state index in [0.717, 1.165) is 25.3 Å². The number of fused-ring (bicyclic) bond motifs is 1. The molecule has 2 rings (SSSR count). The summed E-state index contributed by atoms with van der Waals surface area (Å²) in [6.07, 6.45) is 2.54. The standard InChI is InChI=1S/C9H13N3O2/c1-2-6-8-11-7(9(13)14)5-12(8)4-3-10-6/h5-6,10H,2-4H2,1H3,(H,13,14). The van der Waals surface area contributed by atoms with Crippen molar-refractivity contribution in [2.24, 2.45) is 0 Å². The van der Waals surface area contributed by atoms with E-state index in [1.165, 1.54) is 0 Å². The number of imidazole rings is 1. The highest BCUT2D eigenvalue weighted by atomic mass is 16.4. The Hall–Kier alpha value is -1.36. The zero-order valence-corrected chi connectivity index (χ0v) is 8.03. The zero-order valence-electron chi connectivity index (χ0n) is 8.03. The lowest BCUT2D eigenvalue weighted by molar-refractivity contribution is 0.0691. The molecule has 1 aromatic heterocycles. The summed E-state index contributed by atoms with van der Waals surface area (Å²) in [5.74, 6) is -0.113. The molecular formula is C9H13N3O2. The predicted molar refractivity (Wildman–Crippen MR) is 50.2 cm³/mol. The van der Waals surface area contributed by atoms with Crippen LogP contribution in [0.2, 0.25) is 0 Å². The largest absolute Gasteiger partial charge is 0.476 e. The maximum absolute atomic E-state index is 10.7. The van der Waals surface area contributed by atoms with E-state index < -0.39 is 5.97 Å². The summed E-state index contributed by atoms with van der Waals surface area (Å²) in [6.45, 7) is 3.73. The molecule has 0 aliphatic carbocycles. The first-order chi connectivity index (χ1) is 6.72. The molecule has 0 saturated carbocycles. The van der Waals surface area contributed by atoms with Gasteiger partial charge in [-0.05, 0) is 6.42 Å². The second-order valence-electron chi connectivity index (χ2n) is 3.40. The van der Waals surface area contributed by atoms with E-state index in [1.807, 2.05) is 4.57 Å². The van der Waals surface area contributed by atoms with Crippen LogP contribution in [0.3, 0.4) is 0 Å². The van der Waals surface area contributed by atoms with Gasteiger partial charge in [0, 0.05) is 19.3 Å². The number of carbonyl (C=O) groups is 1. The second kappa shape index (κ2) is 3.42. The third-order valence-corrected chi connectivity index (χ3v) is 2.49. The molecule has 0 saturated heterocycles. The van der Waals surface area contributed by atoms with Crippen LogP contribution in [0.4, 0.5) is 0 Å². The number of carboxylic acids is 1. The van der Waals surface area contributed by atoms with Gasteiger partial charge >= 0.3 is 5.97 Å². The SMILES string of the molecule is CCC1NCCn2cc(C(=O)O)nc21. The van der Waals surface area contributed by atoms with E-state index in [1.54, 1.807) is 6.20 Å². The van der Waals surface area contributed by atoms with E-state index in [2.05, 4.69) is 17.2 Å². The smallest absolute Gasteiger partial charge is 0.356 e. The average Bonchev–Trinajstić information content (AvgIpc) is 2.60. The first-order valence-corrected chi connectivity index (χ1v) is 4.76. The van der Waals surface area contributed by atoms with E-state index in [9.17, 15) is 4.79 Å². The molecule has 0 spiro atoms. The Morgan fingerprint density at radius 1 is 1.86 bits per heavy atom. The molecule has 1 aromatic rings. The summed E-state index contributed by atoms with van der Waals surface area (Å²) in [5.41, 5.74) is 0.141. The van der Waals surface area contributed by atoms with Crippen LogP contribution in [0, 0.1) is 0 Å². The van der Waals surface area contributed by atoms with Gasteiger partial charge in [0.15, 0.2) is 5.69 Å². The maximum Gasteiger partial charge on any atom is 0.356 e. The van der Waals surface area contributed by atoms with E-state index in [0.29, 0.717) is 0 Å². The number of aromatic nitrogens is 2. The molecule has 14 heavy (non-hydrogen) atoms. The monoisotopic (exact) mass is 195 g/mol. The van der Waals surface area contributed by atoms with Crippen molar-refractivity contribution in [1.82, 2.24) is 14.9 Å². The van der Waals surface area contributed by atoms with Crippen LogP contribution in [0.25, 0.3) is 0 Å². The highest BCUT2D eigenvalue weighted by Crippen LogP contribution is 2.19. The number of carboxylic acid groups (broad SMARTS) is 1. The number of rotatable bonds is 2. The lowest BCUT2D eigenvalue weighted by Crippen LogP contribution is -2.32. The van der Waals surface area contributed by atoms with Crippen molar-refractivity contribution in [3.8, 4) is 0 Å². The predicted octanol–water partition coefficient (Wildman–Crippen LogP) is 0.636. The van der Waals surface area contributed by atoms with Crippen molar-refractivity contribution in [2.75, 3.05) is 6.54 Å². The topological polar surface area (TPSA) is 67.2 Å². The molecule has 0 fully saturated rings.